The van der Waals surface area contributed by atoms with Gasteiger partial charge in [-0.15, -0.1) is 13.2 Å². The number of halogens is 3. The van der Waals surface area contributed by atoms with E-state index in [1.807, 2.05) is 0 Å². The molecule has 2 aromatic carbocycles. The molecular weight excluding hydrogens is 447 g/mol. The minimum Gasteiger partial charge on any atom is -0.493 e. The van der Waals surface area contributed by atoms with Crippen molar-refractivity contribution in [3.63, 3.8) is 0 Å². The summed E-state index contributed by atoms with van der Waals surface area (Å²) < 4.78 is 50.9. The fourth-order valence-electron chi connectivity index (χ4n) is 3.27. The highest BCUT2D eigenvalue weighted by molar-refractivity contribution is 6.10. The Morgan fingerprint density at radius 1 is 1.06 bits per heavy atom. The molecule has 0 radical (unpaired) electrons. The Morgan fingerprint density at radius 3 is 2.27 bits per heavy atom. The predicted octanol–water partition coefficient (Wildman–Crippen LogP) is 3.01. The van der Waals surface area contributed by atoms with Crippen LogP contribution >= 0.6 is 0 Å². The van der Waals surface area contributed by atoms with Gasteiger partial charge in [0.1, 0.15) is 17.8 Å². The normalized spacial score (nSPS) is 18.1. The first kappa shape index (κ1) is 23.7. The third-order valence-electron chi connectivity index (χ3n) is 4.91. The van der Waals surface area contributed by atoms with Crippen LogP contribution in [0.2, 0.25) is 0 Å². The van der Waals surface area contributed by atoms with Gasteiger partial charge in [-0.25, -0.2) is 4.79 Å². The molecule has 0 spiro atoms. The topological polar surface area (TPSA) is 106 Å². The van der Waals surface area contributed by atoms with Crippen LogP contribution in [0.5, 0.6) is 17.2 Å². The summed E-state index contributed by atoms with van der Waals surface area (Å²) in [6.45, 7) is 0.889. The van der Waals surface area contributed by atoms with Gasteiger partial charge in [0.15, 0.2) is 11.5 Å². The van der Waals surface area contributed by atoms with Gasteiger partial charge in [-0.1, -0.05) is 6.07 Å². The van der Waals surface area contributed by atoms with Crippen LogP contribution in [-0.2, 0) is 15.1 Å². The van der Waals surface area contributed by atoms with Crippen LogP contribution in [0.25, 0.3) is 0 Å². The Balaban J connectivity index is 1.70. The van der Waals surface area contributed by atoms with E-state index in [4.69, 9.17) is 9.47 Å². The lowest BCUT2D eigenvalue weighted by Crippen LogP contribution is -2.42. The van der Waals surface area contributed by atoms with Gasteiger partial charge >= 0.3 is 12.4 Å². The lowest BCUT2D eigenvalue weighted by Gasteiger charge is -2.23. The van der Waals surface area contributed by atoms with Gasteiger partial charge in [0.25, 0.3) is 5.91 Å². The van der Waals surface area contributed by atoms with Gasteiger partial charge in [-0.05, 0) is 48.9 Å². The third-order valence-corrected chi connectivity index (χ3v) is 4.91. The smallest absolute Gasteiger partial charge is 0.493 e. The summed E-state index contributed by atoms with van der Waals surface area (Å²) >= 11 is 0. The summed E-state index contributed by atoms with van der Waals surface area (Å²) in [6, 6.07) is 8.37. The van der Waals surface area contributed by atoms with Crippen molar-refractivity contribution in [3.8, 4) is 17.2 Å². The van der Waals surface area contributed by atoms with E-state index in [0.29, 0.717) is 17.1 Å². The molecular formula is C21H20F3N3O6. The second-order valence-electron chi connectivity index (χ2n) is 7.14. The fourth-order valence-corrected chi connectivity index (χ4v) is 3.27. The summed E-state index contributed by atoms with van der Waals surface area (Å²) in [5.41, 5.74) is -0.876. The molecule has 2 aromatic rings. The number of alkyl halides is 3. The molecule has 1 aliphatic rings. The molecule has 1 heterocycles. The third kappa shape index (κ3) is 5.10. The molecule has 4 amide bonds. The number of hydrogen-bond acceptors (Lipinski definition) is 6. The van der Waals surface area contributed by atoms with E-state index in [0.717, 1.165) is 17.0 Å². The first-order chi connectivity index (χ1) is 15.5. The van der Waals surface area contributed by atoms with Crippen LogP contribution in [0, 0.1) is 0 Å². The van der Waals surface area contributed by atoms with Crippen molar-refractivity contribution >= 4 is 23.5 Å². The average Bonchev–Trinajstić information content (AvgIpc) is 2.97. The number of benzene rings is 2. The van der Waals surface area contributed by atoms with E-state index in [1.165, 1.54) is 33.3 Å². The molecule has 1 aliphatic heterocycles. The Hall–Kier alpha value is -3.96. The summed E-state index contributed by atoms with van der Waals surface area (Å²) in [5, 5.41) is 4.99. The fraction of sp³-hybridized carbons (Fsp3) is 0.286. The Labute approximate surface area is 186 Å². The van der Waals surface area contributed by atoms with Crippen molar-refractivity contribution in [2.45, 2.75) is 18.8 Å². The summed E-state index contributed by atoms with van der Waals surface area (Å²) in [4.78, 5) is 38.6. The van der Waals surface area contributed by atoms with Gasteiger partial charge in [-0.2, -0.15) is 0 Å². The number of imide groups is 1. The zero-order valence-corrected chi connectivity index (χ0v) is 17.8. The van der Waals surface area contributed by atoms with Crippen LogP contribution in [0.3, 0.4) is 0 Å². The van der Waals surface area contributed by atoms with E-state index in [9.17, 15) is 27.6 Å². The molecule has 33 heavy (non-hydrogen) atoms. The number of nitrogens with one attached hydrogen (secondary N) is 2. The maximum absolute atomic E-state index is 13.0. The molecule has 1 atom stereocenters. The quantitative estimate of drug-likeness (QED) is 0.607. The lowest BCUT2D eigenvalue weighted by molar-refractivity contribution is -0.274. The van der Waals surface area contributed by atoms with E-state index < -0.39 is 42.0 Å². The maximum atomic E-state index is 13.0. The van der Waals surface area contributed by atoms with Crippen LogP contribution in [0.15, 0.2) is 42.5 Å². The highest BCUT2D eigenvalue weighted by Gasteiger charge is 2.49. The molecule has 0 saturated carbocycles. The van der Waals surface area contributed by atoms with Crippen molar-refractivity contribution in [3.05, 3.63) is 48.0 Å². The average molecular weight is 467 g/mol. The molecule has 9 nitrogen and oxygen atoms in total. The Bertz CT molecular complexity index is 1070. The number of hydrogen-bond donors (Lipinski definition) is 2. The van der Waals surface area contributed by atoms with Crippen molar-refractivity contribution in [2.75, 3.05) is 26.1 Å². The highest BCUT2D eigenvalue weighted by Crippen LogP contribution is 2.35. The van der Waals surface area contributed by atoms with Gasteiger partial charge in [-0.3, -0.25) is 14.5 Å². The van der Waals surface area contributed by atoms with Gasteiger partial charge in [0, 0.05) is 5.69 Å². The number of amides is 4. The summed E-state index contributed by atoms with van der Waals surface area (Å²) in [5.74, 6) is -1.06. The number of urea groups is 1. The molecule has 0 aromatic heterocycles. The van der Waals surface area contributed by atoms with Crippen molar-refractivity contribution in [2.24, 2.45) is 0 Å². The van der Waals surface area contributed by atoms with Crippen molar-refractivity contribution in [1.29, 1.82) is 0 Å². The van der Waals surface area contributed by atoms with Crippen LogP contribution < -0.4 is 24.8 Å². The largest absolute Gasteiger partial charge is 0.573 e. The summed E-state index contributed by atoms with van der Waals surface area (Å²) in [7, 11) is 2.89. The molecule has 1 saturated heterocycles. The van der Waals surface area contributed by atoms with Crippen LogP contribution in [0.4, 0.5) is 23.7 Å². The maximum Gasteiger partial charge on any atom is 0.573 e. The predicted molar refractivity (Wildman–Crippen MR) is 109 cm³/mol. The number of rotatable bonds is 7. The first-order valence-electron chi connectivity index (χ1n) is 9.49. The molecule has 3 rings (SSSR count). The minimum atomic E-state index is -4.84. The Morgan fingerprint density at radius 2 is 1.70 bits per heavy atom. The highest BCUT2D eigenvalue weighted by atomic mass is 19.4. The van der Waals surface area contributed by atoms with E-state index in [1.54, 1.807) is 18.2 Å². The monoisotopic (exact) mass is 467 g/mol. The van der Waals surface area contributed by atoms with Gasteiger partial charge < -0.3 is 24.8 Å². The number of nitrogens with zero attached hydrogens (tertiary/aromatic N) is 1. The first-order valence-corrected chi connectivity index (χ1v) is 9.49. The van der Waals surface area contributed by atoms with Crippen molar-refractivity contribution in [1.82, 2.24) is 10.2 Å². The number of methoxy groups -OCH3 is 2. The number of ether oxygens (including phenoxy) is 3. The van der Waals surface area contributed by atoms with E-state index in [-0.39, 0.29) is 5.69 Å². The van der Waals surface area contributed by atoms with Crippen LogP contribution in [0.1, 0.15) is 12.5 Å². The second-order valence-corrected chi connectivity index (χ2v) is 7.14. The second kappa shape index (κ2) is 8.88. The molecule has 0 unspecified atom stereocenters. The zero-order chi connectivity index (χ0) is 24.4. The van der Waals surface area contributed by atoms with E-state index in [2.05, 4.69) is 15.4 Å². The number of carbonyl (C=O) groups excluding carboxylic acids is 3. The standard InChI is InChI=1S/C21H20F3N3O6/c1-20(12-4-9-15(31-2)16(10-12)32-3)18(29)27(19(30)26-20)11-17(28)25-13-5-7-14(8-6-13)33-21(22,23)24/h4-10H,11H2,1-3H3,(H,25,28)(H,26,30)/t20-/m1/s1. The van der Waals surface area contributed by atoms with Gasteiger partial charge in [0.2, 0.25) is 5.91 Å². The SMILES string of the molecule is COc1ccc([C@@]2(C)NC(=O)N(CC(=O)Nc3ccc(OC(F)(F)F)cc3)C2=O)cc1OC. The molecule has 12 heteroatoms. The molecule has 1 fully saturated rings. The van der Waals surface area contributed by atoms with Gasteiger partial charge in [0.05, 0.1) is 14.2 Å². The van der Waals surface area contributed by atoms with Crippen molar-refractivity contribution < 1.29 is 41.8 Å². The zero-order valence-electron chi connectivity index (χ0n) is 17.8. The number of carbonyl (C=O) groups is 3. The lowest BCUT2D eigenvalue weighted by atomic mass is 9.91. The molecule has 0 aliphatic carbocycles. The molecule has 2 N–H and O–H groups in total. The van der Waals surface area contributed by atoms with Crippen LogP contribution in [-0.4, -0.2) is 49.9 Å². The molecule has 176 valence electrons. The molecule has 0 bridgehead atoms. The number of anilines is 1. The summed E-state index contributed by atoms with van der Waals surface area (Å²) in [6.07, 6.45) is -4.84. The minimum absolute atomic E-state index is 0.157. The Kier molecular flexibility index (Phi) is 6.38. The van der Waals surface area contributed by atoms with E-state index >= 15 is 0 Å².